The van der Waals surface area contributed by atoms with Crippen molar-refractivity contribution in [1.29, 1.82) is 0 Å². The lowest BCUT2D eigenvalue weighted by Gasteiger charge is -2.47. The van der Waals surface area contributed by atoms with Crippen LogP contribution in [0.25, 0.3) is 0 Å². The predicted molar refractivity (Wildman–Crippen MR) is 186 cm³/mol. The monoisotopic (exact) mass is 632 g/mol. The van der Waals surface area contributed by atoms with Crippen LogP contribution in [0, 0.1) is 0 Å². The van der Waals surface area contributed by atoms with E-state index >= 15 is 4.79 Å². The molecule has 0 amide bonds. The van der Waals surface area contributed by atoms with Crippen LogP contribution in [0.1, 0.15) is 60.8 Å². The molecule has 3 heterocycles. The molecule has 4 nitrogen and oxygen atoms in total. The van der Waals surface area contributed by atoms with E-state index in [4.69, 9.17) is 9.47 Å². The summed E-state index contributed by atoms with van der Waals surface area (Å²) < 4.78 is 15.3. The van der Waals surface area contributed by atoms with Gasteiger partial charge in [-0.25, -0.2) is 4.79 Å². The number of piperidine rings is 1. The molecule has 0 N–H and O–H groups in total. The van der Waals surface area contributed by atoms with Gasteiger partial charge in [0.25, 0.3) is 0 Å². The zero-order valence-electron chi connectivity index (χ0n) is 26.7. The Bertz CT molecular complexity index is 1490. The molecule has 0 saturated carbocycles. The smallest absolute Gasteiger partial charge is 0.348 e. The third-order valence-corrected chi connectivity index (χ3v) is 11.8. The second-order valence-electron chi connectivity index (χ2n) is 13.4. The number of benzene rings is 4. The van der Waals surface area contributed by atoms with Gasteiger partial charge in [0.1, 0.15) is 11.5 Å². The fraction of sp³-hybridized carbons (Fsp3) is 0.390. The number of hydrogen-bond acceptors (Lipinski definition) is 4. The fourth-order valence-electron chi connectivity index (χ4n) is 8.56. The quantitative estimate of drug-likeness (QED) is 0.0894. The van der Waals surface area contributed by atoms with E-state index in [1.54, 1.807) is 11.8 Å². The third-order valence-electron chi connectivity index (χ3n) is 10.8. The number of nitrogens with zero attached hydrogens (tertiary/aromatic N) is 1. The van der Waals surface area contributed by atoms with Crippen molar-refractivity contribution >= 4 is 17.7 Å². The number of rotatable bonds is 12. The van der Waals surface area contributed by atoms with Crippen LogP contribution in [0.4, 0.5) is 0 Å². The molecule has 7 rings (SSSR count). The van der Waals surface area contributed by atoms with Gasteiger partial charge in [-0.1, -0.05) is 121 Å². The molecule has 2 bridgehead atoms. The molecule has 3 unspecified atom stereocenters. The highest BCUT2D eigenvalue weighted by Crippen LogP contribution is 2.47. The summed E-state index contributed by atoms with van der Waals surface area (Å²) in [5.41, 5.74) is 2.45. The number of esters is 1. The number of quaternary nitrogens is 1. The van der Waals surface area contributed by atoms with E-state index in [2.05, 4.69) is 54.6 Å². The Balaban J connectivity index is 1.21. The van der Waals surface area contributed by atoms with Crippen LogP contribution in [-0.4, -0.2) is 52.9 Å². The summed E-state index contributed by atoms with van der Waals surface area (Å²) in [5, 5.41) is 0. The van der Waals surface area contributed by atoms with Crippen LogP contribution in [0.2, 0.25) is 0 Å². The lowest BCUT2D eigenvalue weighted by atomic mass is 9.85. The largest absolute Gasteiger partial charge is 0.459 e. The van der Waals surface area contributed by atoms with Crippen LogP contribution in [0.15, 0.2) is 121 Å². The van der Waals surface area contributed by atoms with Crippen molar-refractivity contribution in [3.8, 4) is 0 Å². The van der Waals surface area contributed by atoms with Gasteiger partial charge in [0.15, 0.2) is 0 Å². The Morgan fingerprint density at radius 1 is 0.717 bits per heavy atom. The van der Waals surface area contributed by atoms with E-state index in [-0.39, 0.29) is 17.5 Å². The minimum Gasteiger partial charge on any atom is -0.459 e. The van der Waals surface area contributed by atoms with Gasteiger partial charge in [-0.15, -0.1) is 11.8 Å². The molecule has 0 aromatic heterocycles. The molecule has 4 aromatic carbocycles. The normalized spacial score (nSPS) is 22.5. The average molecular weight is 633 g/mol. The SMILES string of the molecule is O=C(OC1CC2CCC(C1)[N+]21CCCC1)C(OC(Cc1ccccc1)SCCc1ccccc1)(c1ccccc1)c1ccccc1. The summed E-state index contributed by atoms with van der Waals surface area (Å²) in [6, 6.07) is 42.4. The van der Waals surface area contributed by atoms with Gasteiger partial charge < -0.3 is 14.0 Å². The number of hydrogen-bond donors (Lipinski definition) is 0. The molecule has 5 heteroatoms. The van der Waals surface area contributed by atoms with Crippen molar-refractivity contribution in [2.75, 3.05) is 18.8 Å². The lowest BCUT2D eigenvalue weighted by Crippen LogP contribution is -2.60. The predicted octanol–water partition coefficient (Wildman–Crippen LogP) is 8.34. The topological polar surface area (TPSA) is 35.5 Å². The van der Waals surface area contributed by atoms with Crippen molar-refractivity contribution in [3.63, 3.8) is 0 Å². The second-order valence-corrected chi connectivity index (χ2v) is 14.7. The zero-order valence-corrected chi connectivity index (χ0v) is 27.5. The number of aryl methyl sites for hydroxylation is 1. The Hall–Kier alpha value is -3.38. The van der Waals surface area contributed by atoms with Gasteiger partial charge >= 0.3 is 5.97 Å². The van der Waals surface area contributed by atoms with Crippen molar-refractivity contribution in [3.05, 3.63) is 144 Å². The minimum absolute atomic E-state index is 0.0805. The van der Waals surface area contributed by atoms with E-state index in [1.807, 2.05) is 66.7 Å². The van der Waals surface area contributed by atoms with E-state index in [0.29, 0.717) is 18.5 Å². The van der Waals surface area contributed by atoms with E-state index in [9.17, 15) is 0 Å². The molecule has 3 aliphatic rings. The first-order valence-electron chi connectivity index (χ1n) is 17.2. The molecule has 3 atom stereocenters. The Morgan fingerprint density at radius 2 is 1.22 bits per heavy atom. The molecule has 3 fully saturated rings. The minimum atomic E-state index is -1.39. The molecule has 0 aliphatic carbocycles. The summed E-state index contributed by atoms with van der Waals surface area (Å²) in [4.78, 5) is 15.0. The van der Waals surface area contributed by atoms with Gasteiger partial charge in [-0.3, -0.25) is 0 Å². The Morgan fingerprint density at radius 3 is 1.76 bits per heavy atom. The number of carbonyl (C=O) groups excluding carboxylic acids is 1. The molecule has 46 heavy (non-hydrogen) atoms. The van der Waals surface area contributed by atoms with Crippen molar-refractivity contribution < 1.29 is 18.8 Å². The van der Waals surface area contributed by atoms with Crippen LogP contribution < -0.4 is 0 Å². The van der Waals surface area contributed by atoms with Crippen LogP contribution >= 0.6 is 11.8 Å². The summed E-state index contributed by atoms with van der Waals surface area (Å²) in [6.45, 7) is 2.61. The molecular weight excluding hydrogens is 587 g/mol. The van der Waals surface area contributed by atoms with Crippen molar-refractivity contribution in [2.24, 2.45) is 0 Å². The first kappa shape index (κ1) is 31.2. The zero-order chi connectivity index (χ0) is 31.2. The highest BCUT2D eigenvalue weighted by molar-refractivity contribution is 7.99. The maximum absolute atomic E-state index is 15.0. The maximum Gasteiger partial charge on any atom is 0.348 e. The third kappa shape index (κ3) is 6.43. The van der Waals surface area contributed by atoms with Gasteiger partial charge in [-0.05, 0) is 34.4 Å². The molecule has 4 aromatic rings. The van der Waals surface area contributed by atoms with Crippen LogP contribution in [0.5, 0.6) is 0 Å². The highest BCUT2D eigenvalue weighted by Gasteiger charge is 2.57. The second kappa shape index (κ2) is 14.2. The summed E-state index contributed by atoms with van der Waals surface area (Å²) in [6.07, 6.45) is 8.64. The molecular formula is C41H46NO3S+. The summed E-state index contributed by atoms with van der Waals surface area (Å²) in [5.74, 6) is 0.591. The number of carbonyl (C=O) groups is 1. The van der Waals surface area contributed by atoms with Crippen molar-refractivity contribution in [1.82, 2.24) is 0 Å². The first-order chi connectivity index (χ1) is 22.7. The lowest BCUT2D eigenvalue weighted by molar-refractivity contribution is -0.956. The Kier molecular flexibility index (Phi) is 9.62. The van der Waals surface area contributed by atoms with Gasteiger partial charge in [0, 0.05) is 44.9 Å². The molecule has 3 aliphatic heterocycles. The molecule has 0 radical (unpaired) electrons. The molecule has 238 valence electrons. The van der Waals surface area contributed by atoms with E-state index < -0.39 is 5.60 Å². The van der Waals surface area contributed by atoms with E-state index in [1.165, 1.54) is 54.4 Å². The first-order valence-corrected chi connectivity index (χ1v) is 18.3. The summed E-state index contributed by atoms with van der Waals surface area (Å²) >= 11 is 1.78. The average Bonchev–Trinajstić information content (AvgIpc) is 3.65. The maximum atomic E-state index is 15.0. The summed E-state index contributed by atoms with van der Waals surface area (Å²) in [7, 11) is 0. The van der Waals surface area contributed by atoms with Crippen molar-refractivity contribution in [2.45, 2.75) is 80.6 Å². The van der Waals surface area contributed by atoms with Gasteiger partial charge in [0.2, 0.25) is 5.60 Å². The van der Waals surface area contributed by atoms with E-state index in [0.717, 1.165) is 36.1 Å². The van der Waals surface area contributed by atoms with Crippen LogP contribution in [-0.2, 0) is 32.7 Å². The Labute approximate surface area is 278 Å². The molecule has 1 spiro atoms. The van der Waals surface area contributed by atoms with Crippen LogP contribution in [0.3, 0.4) is 0 Å². The number of ether oxygens (including phenoxy) is 2. The highest BCUT2D eigenvalue weighted by atomic mass is 32.2. The molecule has 3 saturated heterocycles. The standard InChI is InChI=1S/C41H46NO3S/c43-40(44-38-30-36-23-24-37(31-38)42(36)26-13-14-27-42)41(34-19-9-3-10-20-34,35-21-11-4-12-22-35)45-39(29-33-17-7-2-8-18-33)46-28-25-32-15-5-1-6-16-32/h1-12,15-22,36-39H,13-14,23-31H2/q+1. The number of thioether (sulfide) groups is 1. The van der Waals surface area contributed by atoms with Gasteiger partial charge in [0.05, 0.1) is 25.2 Å². The van der Waals surface area contributed by atoms with Gasteiger partial charge in [-0.2, -0.15) is 0 Å². The fourth-order valence-corrected chi connectivity index (χ4v) is 9.70.